The van der Waals surface area contributed by atoms with Crippen LogP contribution in [0, 0.1) is 5.82 Å². The van der Waals surface area contributed by atoms with Crippen molar-refractivity contribution in [3.8, 4) is 11.1 Å². The highest BCUT2D eigenvalue weighted by atomic mass is 19.1. The fraction of sp³-hybridized carbons (Fsp3) is 0.238. The number of fused-ring (bicyclic) bond motifs is 2. The van der Waals surface area contributed by atoms with Gasteiger partial charge in [0.1, 0.15) is 5.52 Å². The molecular formula is C21H19FN4. The highest BCUT2D eigenvalue weighted by molar-refractivity contribution is 5.89. The molecule has 1 fully saturated rings. The first kappa shape index (κ1) is 15.5. The summed E-state index contributed by atoms with van der Waals surface area (Å²) in [5.41, 5.74) is 2.31. The second kappa shape index (κ2) is 6.18. The van der Waals surface area contributed by atoms with Crippen LogP contribution < -0.4 is 5.32 Å². The molecule has 0 bridgehead atoms. The van der Waals surface area contributed by atoms with Crippen LogP contribution in [0.1, 0.15) is 18.9 Å². The highest BCUT2D eigenvalue weighted by Crippen LogP contribution is 2.30. The Morgan fingerprint density at radius 2 is 1.81 bits per heavy atom. The lowest BCUT2D eigenvalue weighted by atomic mass is 10.0. The predicted molar refractivity (Wildman–Crippen MR) is 102 cm³/mol. The van der Waals surface area contributed by atoms with Crippen LogP contribution in [0.4, 0.5) is 4.39 Å². The van der Waals surface area contributed by atoms with Crippen molar-refractivity contribution in [2.24, 2.45) is 0 Å². The molecule has 5 heteroatoms. The topological polar surface area (TPSA) is 42.7 Å². The van der Waals surface area contributed by atoms with E-state index in [0.29, 0.717) is 11.6 Å². The number of aromatic nitrogens is 3. The molecule has 130 valence electrons. The van der Waals surface area contributed by atoms with Crippen LogP contribution in [-0.4, -0.2) is 27.9 Å². The Bertz CT molecular complexity index is 1100. The summed E-state index contributed by atoms with van der Waals surface area (Å²) in [5.74, 6) is -0.267. The number of nitrogens with one attached hydrogen (secondary N) is 1. The lowest BCUT2D eigenvalue weighted by Gasteiger charge is -2.22. The number of benzene rings is 2. The molecule has 0 unspecified atom stereocenters. The lowest BCUT2D eigenvalue weighted by molar-refractivity contribution is 0.344. The van der Waals surface area contributed by atoms with Gasteiger partial charge < -0.3 is 5.32 Å². The van der Waals surface area contributed by atoms with Gasteiger partial charge in [0, 0.05) is 29.4 Å². The second-order valence-corrected chi connectivity index (χ2v) is 6.92. The number of nitrogens with zero attached hydrogens (tertiary/aromatic N) is 3. The van der Waals surface area contributed by atoms with Gasteiger partial charge in [-0.1, -0.05) is 12.1 Å². The average Bonchev–Trinajstić information content (AvgIpc) is 3.13. The minimum absolute atomic E-state index is 0.267. The highest BCUT2D eigenvalue weighted by Gasteiger charge is 2.18. The van der Waals surface area contributed by atoms with Crippen molar-refractivity contribution in [2.75, 3.05) is 13.1 Å². The van der Waals surface area contributed by atoms with Gasteiger partial charge in [-0.15, -0.1) is 0 Å². The van der Waals surface area contributed by atoms with Crippen molar-refractivity contribution < 1.29 is 4.39 Å². The van der Waals surface area contributed by atoms with Crippen LogP contribution in [0.15, 0.2) is 55.0 Å². The van der Waals surface area contributed by atoms with E-state index in [1.54, 1.807) is 12.3 Å². The summed E-state index contributed by atoms with van der Waals surface area (Å²) in [5, 5.41) is 10.9. The molecular weight excluding hydrogens is 327 g/mol. The van der Waals surface area contributed by atoms with E-state index in [0.717, 1.165) is 53.2 Å². The molecule has 1 aliphatic heterocycles. The maximum Gasteiger partial charge on any atom is 0.151 e. The van der Waals surface area contributed by atoms with Crippen molar-refractivity contribution >= 4 is 21.7 Å². The zero-order valence-electron chi connectivity index (χ0n) is 14.3. The van der Waals surface area contributed by atoms with Gasteiger partial charge in [-0.2, -0.15) is 5.10 Å². The molecule has 1 saturated heterocycles. The summed E-state index contributed by atoms with van der Waals surface area (Å²) in [6.07, 6.45) is 7.66. The molecule has 1 aliphatic rings. The smallest absolute Gasteiger partial charge is 0.151 e. The molecule has 0 aliphatic carbocycles. The van der Waals surface area contributed by atoms with Gasteiger partial charge in [0.2, 0.25) is 0 Å². The summed E-state index contributed by atoms with van der Waals surface area (Å²) in [4.78, 5) is 4.18. The third kappa shape index (κ3) is 2.65. The van der Waals surface area contributed by atoms with Gasteiger partial charge in [-0.05, 0) is 66.7 Å². The zero-order chi connectivity index (χ0) is 17.5. The number of hydrogen-bond donors (Lipinski definition) is 1. The Morgan fingerprint density at radius 1 is 0.962 bits per heavy atom. The van der Waals surface area contributed by atoms with Crippen LogP contribution in [0.2, 0.25) is 0 Å². The van der Waals surface area contributed by atoms with Crippen molar-refractivity contribution in [3.63, 3.8) is 0 Å². The van der Waals surface area contributed by atoms with Crippen molar-refractivity contribution in [3.05, 3.63) is 60.8 Å². The van der Waals surface area contributed by atoms with E-state index >= 15 is 0 Å². The Balaban J connectivity index is 1.59. The Morgan fingerprint density at radius 3 is 2.69 bits per heavy atom. The fourth-order valence-corrected chi connectivity index (χ4v) is 3.80. The molecule has 26 heavy (non-hydrogen) atoms. The molecule has 4 aromatic rings. The van der Waals surface area contributed by atoms with Gasteiger partial charge in [0.15, 0.2) is 5.82 Å². The summed E-state index contributed by atoms with van der Waals surface area (Å²) >= 11 is 0. The Labute approximate surface area is 150 Å². The maximum absolute atomic E-state index is 14.7. The number of piperidine rings is 1. The third-order valence-electron chi connectivity index (χ3n) is 5.24. The van der Waals surface area contributed by atoms with Crippen LogP contribution in [0.3, 0.4) is 0 Å². The standard InChI is InChI=1S/C21H19FN4/c22-20-11-16(15-2-1-14-3-6-24-12-17(14)9-15)10-18-13-26(25-21(18)20)19-4-7-23-8-5-19/h1-3,6,9-13,19,23H,4-5,7-8H2. The van der Waals surface area contributed by atoms with Crippen molar-refractivity contribution in [1.29, 1.82) is 0 Å². The van der Waals surface area contributed by atoms with Crippen LogP contribution >= 0.6 is 0 Å². The maximum atomic E-state index is 14.7. The minimum atomic E-state index is -0.267. The summed E-state index contributed by atoms with van der Waals surface area (Å²) in [6, 6.07) is 12.1. The van der Waals surface area contributed by atoms with Crippen molar-refractivity contribution in [1.82, 2.24) is 20.1 Å². The first-order valence-corrected chi connectivity index (χ1v) is 9.01. The van der Waals surface area contributed by atoms with E-state index in [-0.39, 0.29) is 5.82 Å². The van der Waals surface area contributed by atoms with Crippen LogP contribution in [0.5, 0.6) is 0 Å². The molecule has 2 aromatic heterocycles. The Kier molecular flexibility index (Phi) is 3.68. The second-order valence-electron chi connectivity index (χ2n) is 6.92. The van der Waals surface area contributed by atoms with Crippen LogP contribution in [-0.2, 0) is 0 Å². The first-order chi connectivity index (χ1) is 12.8. The molecule has 4 nitrogen and oxygen atoms in total. The van der Waals surface area contributed by atoms with E-state index in [1.165, 1.54) is 0 Å². The van der Waals surface area contributed by atoms with Gasteiger partial charge in [0.25, 0.3) is 0 Å². The molecule has 2 aromatic carbocycles. The van der Waals surface area contributed by atoms with Gasteiger partial charge in [-0.3, -0.25) is 9.67 Å². The SMILES string of the molecule is Fc1cc(-c2ccc3ccncc3c2)cc2cn(C3CCNCC3)nc12. The molecule has 5 rings (SSSR count). The van der Waals surface area contributed by atoms with E-state index in [1.807, 2.05) is 41.3 Å². The van der Waals surface area contributed by atoms with E-state index in [4.69, 9.17) is 0 Å². The predicted octanol–water partition coefficient (Wildman–Crippen LogP) is 4.32. The van der Waals surface area contributed by atoms with Gasteiger partial charge in [0.05, 0.1) is 6.04 Å². The van der Waals surface area contributed by atoms with E-state index < -0.39 is 0 Å². The molecule has 0 radical (unpaired) electrons. The fourth-order valence-electron chi connectivity index (χ4n) is 3.80. The number of hydrogen-bond acceptors (Lipinski definition) is 3. The number of rotatable bonds is 2. The molecule has 0 atom stereocenters. The average molecular weight is 346 g/mol. The Hall–Kier alpha value is -2.79. The van der Waals surface area contributed by atoms with Crippen LogP contribution in [0.25, 0.3) is 32.8 Å². The minimum Gasteiger partial charge on any atom is -0.317 e. The molecule has 1 N–H and O–H groups in total. The zero-order valence-corrected chi connectivity index (χ0v) is 14.3. The third-order valence-corrected chi connectivity index (χ3v) is 5.24. The van der Waals surface area contributed by atoms with Gasteiger partial charge >= 0.3 is 0 Å². The molecule has 0 spiro atoms. The summed E-state index contributed by atoms with van der Waals surface area (Å²) in [7, 11) is 0. The summed E-state index contributed by atoms with van der Waals surface area (Å²) < 4.78 is 16.7. The van der Waals surface area contributed by atoms with Crippen molar-refractivity contribution in [2.45, 2.75) is 18.9 Å². The van der Waals surface area contributed by atoms with Gasteiger partial charge in [-0.25, -0.2) is 4.39 Å². The molecule has 0 amide bonds. The quantitative estimate of drug-likeness (QED) is 0.588. The normalized spacial score (nSPS) is 15.7. The summed E-state index contributed by atoms with van der Waals surface area (Å²) in [6.45, 7) is 1.97. The monoisotopic (exact) mass is 346 g/mol. The van der Waals surface area contributed by atoms with E-state index in [9.17, 15) is 4.39 Å². The molecule has 0 saturated carbocycles. The molecule has 3 heterocycles. The number of halogens is 1. The largest absolute Gasteiger partial charge is 0.317 e. The lowest BCUT2D eigenvalue weighted by Crippen LogP contribution is -2.29. The first-order valence-electron chi connectivity index (χ1n) is 9.01. The number of pyridine rings is 1. The van der Waals surface area contributed by atoms with E-state index in [2.05, 4.69) is 21.5 Å².